The van der Waals surface area contributed by atoms with Crippen molar-refractivity contribution in [3.63, 3.8) is 0 Å². The second kappa shape index (κ2) is 9.23. The average Bonchev–Trinajstić information content (AvgIpc) is 2.46. The third-order valence-corrected chi connectivity index (χ3v) is 2.87. The number of para-hydroxylation sites is 1. The summed E-state index contributed by atoms with van der Waals surface area (Å²) in [6, 6.07) is 5.31. The van der Waals surface area contributed by atoms with Crippen molar-refractivity contribution < 1.29 is 19.0 Å². The third kappa shape index (κ3) is 5.11. The zero-order chi connectivity index (χ0) is 14.8. The minimum absolute atomic E-state index is 0.236. The van der Waals surface area contributed by atoms with Gasteiger partial charge in [0.05, 0.1) is 13.7 Å². The van der Waals surface area contributed by atoms with Crippen molar-refractivity contribution in [3.8, 4) is 17.2 Å². The lowest BCUT2D eigenvalue weighted by molar-refractivity contribution is -0.134. The molecule has 0 aliphatic heterocycles. The van der Waals surface area contributed by atoms with Gasteiger partial charge in [-0.25, -0.2) is 0 Å². The van der Waals surface area contributed by atoms with Gasteiger partial charge in [0.15, 0.2) is 11.5 Å². The number of esters is 1. The fraction of sp³-hybridized carbons (Fsp3) is 0.562. The van der Waals surface area contributed by atoms with Crippen LogP contribution < -0.4 is 14.2 Å². The summed E-state index contributed by atoms with van der Waals surface area (Å²) >= 11 is 0. The van der Waals surface area contributed by atoms with Crippen molar-refractivity contribution in [2.45, 2.75) is 46.0 Å². The number of methoxy groups -OCH3 is 1. The second-order valence-electron chi connectivity index (χ2n) is 4.57. The van der Waals surface area contributed by atoms with Gasteiger partial charge in [-0.15, -0.1) is 0 Å². The van der Waals surface area contributed by atoms with Gasteiger partial charge in [0.25, 0.3) is 0 Å². The highest BCUT2D eigenvalue weighted by molar-refractivity contribution is 5.73. The molecule has 0 aliphatic carbocycles. The van der Waals surface area contributed by atoms with E-state index in [4.69, 9.17) is 14.2 Å². The molecule has 0 fully saturated rings. The van der Waals surface area contributed by atoms with Gasteiger partial charge in [0.1, 0.15) is 0 Å². The molecule has 0 amide bonds. The molecule has 0 unspecified atom stereocenters. The van der Waals surface area contributed by atoms with E-state index in [0.29, 0.717) is 30.3 Å². The van der Waals surface area contributed by atoms with Gasteiger partial charge in [0.2, 0.25) is 5.75 Å². The summed E-state index contributed by atoms with van der Waals surface area (Å²) in [4.78, 5) is 11.7. The number of carbonyl (C=O) groups excluding carboxylic acids is 1. The highest BCUT2D eigenvalue weighted by Crippen LogP contribution is 2.37. The Hall–Kier alpha value is -1.71. The van der Waals surface area contributed by atoms with Crippen molar-refractivity contribution in [3.05, 3.63) is 18.2 Å². The van der Waals surface area contributed by atoms with Crippen molar-refractivity contribution in [1.29, 1.82) is 0 Å². The van der Waals surface area contributed by atoms with Crippen molar-refractivity contribution in [1.82, 2.24) is 0 Å². The summed E-state index contributed by atoms with van der Waals surface area (Å²) in [5.74, 6) is 1.29. The molecule has 0 saturated heterocycles. The van der Waals surface area contributed by atoms with E-state index in [0.717, 1.165) is 25.7 Å². The average molecular weight is 280 g/mol. The van der Waals surface area contributed by atoms with E-state index >= 15 is 0 Å². The number of rotatable bonds is 9. The topological polar surface area (TPSA) is 44.8 Å². The van der Waals surface area contributed by atoms with E-state index in [1.165, 1.54) is 0 Å². The number of ether oxygens (including phenoxy) is 3. The smallest absolute Gasteiger partial charge is 0.311 e. The molecule has 0 radical (unpaired) electrons. The molecule has 0 saturated carbocycles. The Morgan fingerprint density at radius 2 is 1.80 bits per heavy atom. The Balaban J connectivity index is 2.79. The molecular formula is C16H24O4. The summed E-state index contributed by atoms with van der Waals surface area (Å²) in [5.41, 5.74) is 0. The molecule has 0 aliphatic rings. The van der Waals surface area contributed by atoms with Crippen LogP contribution in [0.3, 0.4) is 0 Å². The molecule has 0 N–H and O–H groups in total. The zero-order valence-corrected chi connectivity index (χ0v) is 12.6. The van der Waals surface area contributed by atoms with Crippen LogP contribution in [0.4, 0.5) is 0 Å². The predicted octanol–water partition coefficient (Wildman–Crippen LogP) is 3.97. The molecule has 1 aromatic rings. The van der Waals surface area contributed by atoms with Crippen LogP contribution in [0.5, 0.6) is 17.2 Å². The molecule has 20 heavy (non-hydrogen) atoms. The normalized spacial score (nSPS) is 10.2. The standard InChI is InChI=1S/C16H24O4/c1-4-6-11-15(17)20-14-10-8-9-13(18-3)16(14)19-12-7-5-2/h8-10H,4-7,11-12H2,1-3H3. The van der Waals surface area contributed by atoms with Gasteiger partial charge in [-0.2, -0.15) is 0 Å². The number of unbranched alkanes of at least 4 members (excludes halogenated alkanes) is 2. The van der Waals surface area contributed by atoms with E-state index in [2.05, 4.69) is 6.92 Å². The van der Waals surface area contributed by atoms with Crippen molar-refractivity contribution in [2.75, 3.05) is 13.7 Å². The first kappa shape index (κ1) is 16.3. The maximum absolute atomic E-state index is 11.7. The molecule has 0 spiro atoms. The quantitative estimate of drug-likeness (QED) is 0.390. The van der Waals surface area contributed by atoms with Crippen molar-refractivity contribution in [2.24, 2.45) is 0 Å². The summed E-state index contributed by atoms with van der Waals surface area (Å²) < 4.78 is 16.3. The Bertz CT molecular complexity index is 415. The molecule has 1 aromatic carbocycles. The molecule has 0 heterocycles. The Kier molecular flexibility index (Phi) is 7.55. The summed E-state index contributed by atoms with van der Waals surface area (Å²) in [7, 11) is 1.57. The van der Waals surface area contributed by atoms with Gasteiger partial charge >= 0.3 is 5.97 Å². The number of benzene rings is 1. The predicted molar refractivity (Wildman–Crippen MR) is 78.6 cm³/mol. The van der Waals surface area contributed by atoms with Crippen LogP contribution in [0.1, 0.15) is 46.0 Å². The van der Waals surface area contributed by atoms with Crippen LogP contribution in [0.25, 0.3) is 0 Å². The van der Waals surface area contributed by atoms with Gasteiger partial charge < -0.3 is 14.2 Å². The maximum Gasteiger partial charge on any atom is 0.311 e. The van der Waals surface area contributed by atoms with Crippen LogP contribution >= 0.6 is 0 Å². The fourth-order valence-corrected chi connectivity index (χ4v) is 1.69. The van der Waals surface area contributed by atoms with Crippen LogP contribution in [0.2, 0.25) is 0 Å². The lowest BCUT2D eigenvalue weighted by atomic mass is 10.2. The molecule has 0 aromatic heterocycles. The first-order chi connectivity index (χ1) is 9.72. The molecule has 1 rings (SSSR count). The van der Waals surface area contributed by atoms with Crippen LogP contribution in [0.15, 0.2) is 18.2 Å². The summed E-state index contributed by atoms with van der Waals surface area (Å²) in [6.45, 7) is 4.71. The molecule has 112 valence electrons. The SMILES string of the molecule is CCCCOc1c(OC)cccc1OC(=O)CCCC. The van der Waals surface area contributed by atoms with E-state index in [1.54, 1.807) is 25.3 Å². The highest BCUT2D eigenvalue weighted by Gasteiger charge is 2.14. The van der Waals surface area contributed by atoms with Gasteiger partial charge in [-0.1, -0.05) is 32.8 Å². The largest absolute Gasteiger partial charge is 0.493 e. The molecule has 0 bridgehead atoms. The number of hydrogen-bond acceptors (Lipinski definition) is 4. The van der Waals surface area contributed by atoms with E-state index in [-0.39, 0.29) is 5.97 Å². The van der Waals surface area contributed by atoms with Crippen LogP contribution in [0, 0.1) is 0 Å². The monoisotopic (exact) mass is 280 g/mol. The van der Waals surface area contributed by atoms with Crippen LogP contribution in [-0.2, 0) is 4.79 Å². The summed E-state index contributed by atoms with van der Waals surface area (Å²) in [6.07, 6.45) is 4.20. The Morgan fingerprint density at radius 3 is 2.45 bits per heavy atom. The first-order valence-corrected chi connectivity index (χ1v) is 7.23. The van der Waals surface area contributed by atoms with Crippen LogP contribution in [-0.4, -0.2) is 19.7 Å². The molecule has 0 atom stereocenters. The molecule has 4 nitrogen and oxygen atoms in total. The van der Waals surface area contributed by atoms with Crippen molar-refractivity contribution >= 4 is 5.97 Å². The van der Waals surface area contributed by atoms with E-state index in [1.807, 2.05) is 6.92 Å². The van der Waals surface area contributed by atoms with Gasteiger partial charge in [-0.3, -0.25) is 4.79 Å². The minimum Gasteiger partial charge on any atom is -0.493 e. The fourth-order valence-electron chi connectivity index (χ4n) is 1.69. The third-order valence-electron chi connectivity index (χ3n) is 2.87. The van der Waals surface area contributed by atoms with E-state index < -0.39 is 0 Å². The molecule has 4 heteroatoms. The Labute approximate surface area is 121 Å². The Morgan fingerprint density at radius 1 is 1.10 bits per heavy atom. The lowest BCUT2D eigenvalue weighted by Crippen LogP contribution is -2.09. The number of hydrogen-bond donors (Lipinski definition) is 0. The summed E-state index contributed by atoms with van der Waals surface area (Å²) in [5, 5.41) is 0. The highest BCUT2D eigenvalue weighted by atomic mass is 16.6. The lowest BCUT2D eigenvalue weighted by Gasteiger charge is -2.14. The number of carbonyl (C=O) groups is 1. The maximum atomic E-state index is 11.7. The minimum atomic E-state index is -0.236. The first-order valence-electron chi connectivity index (χ1n) is 7.23. The molecular weight excluding hydrogens is 256 g/mol. The van der Waals surface area contributed by atoms with E-state index in [9.17, 15) is 4.79 Å². The van der Waals surface area contributed by atoms with Gasteiger partial charge in [-0.05, 0) is 25.0 Å². The van der Waals surface area contributed by atoms with Gasteiger partial charge in [0, 0.05) is 6.42 Å². The zero-order valence-electron chi connectivity index (χ0n) is 12.6. The second-order valence-corrected chi connectivity index (χ2v) is 4.57.